The van der Waals surface area contributed by atoms with Gasteiger partial charge in [-0.15, -0.1) is 11.6 Å². The lowest BCUT2D eigenvalue weighted by Crippen LogP contribution is -2.12. The van der Waals surface area contributed by atoms with Crippen molar-refractivity contribution in [2.45, 2.75) is 13.0 Å². The second-order valence-electron chi connectivity index (χ2n) is 3.34. The molecule has 16 heavy (non-hydrogen) atoms. The Labute approximate surface area is 99.7 Å². The van der Waals surface area contributed by atoms with E-state index in [1.807, 2.05) is 0 Å². The number of nitrogens with zero attached hydrogens (tertiary/aromatic N) is 1. The van der Waals surface area contributed by atoms with E-state index in [9.17, 15) is 5.11 Å². The van der Waals surface area contributed by atoms with Gasteiger partial charge in [0.05, 0.1) is 19.1 Å². The summed E-state index contributed by atoms with van der Waals surface area (Å²) in [4.78, 5) is 4.10. The van der Waals surface area contributed by atoms with Gasteiger partial charge in [-0.3, -0.25) is 0 Å². The summed E-state index contributed by atoms with van der Waals surface area (Å²) in [5, 5.41) is 9.43. The third-order valence-corrected chi connectivity index (χ3v) is 2.36. The number of aliphatic imine (C=N–C) groups is 1. The Bertz CT molecular complexity index is 392. The molecule has 0 fully saturated rings. The Kier molecular flexibility index (Phi) is 4.58. The minimum Gasteiger partial charge on any atom is -0.494 e. The highest BCUT2D eigenvalue weighted by molar-refractivity contribution is 6.28. The van der Waals surface area contributed by atoms with Gasteiger partial charge in [0.15, 0.2) is 0 Å². The third-order valence-electron chi connectivity index (χ3n) is 2.09. The van der Waals surface area contributed by atoms with Gasteiger partial charge in [0.1, 0.15) is 17.3 Å². The van der Waals surface area contributed by atoms with Crippen LogP contribution in [0.1, 0.15) is 18.6 Å². The molecule has 3 N–H and O–H groups in total. The number of hydrogen-bond donors (Lipinski definition) is 2. The summed E-state index contributed by atoms with van der Waals surface area (Å²) < 4.78 is 5.16. The van der Waals surface area contributed by atoms with Gasteiger partial charge in [0, 0.05) is 0 Å². The largest absolute Gasteiger partial charge is 0.494 e. The Morgan fingerprint density at radius 2 is 2.31 bits per heavy atom. The van der Waals surface area contributed by atoms with Crippen molar-refractivity contribution < 1.29 is 9.84 Å². The first kappa shape index (κ1) is 12.8. The number of ether oxygens (including phenoxy) is 1. The fourth-order valence-electron chi connectivity index (χ4n) is 1.23. The molecule has 0 spiro atoms. The SMILES string of the molecule is COc1cc(C(C)O)ccc1N=C(N)CCl. The van der Waals surface area contributed by atoms with Crippen molar-refractivity contribution in [2.75, 3.05) is 13.0 Å². The van der Waals surface area contributed by atoms with Crippen LogP contribution in [0.25, 0.3) is 0 Å². The fraction of sp³-hybridized carbons (Fsp3) is 0.364. The number of aliphatic hydroxyl groups is 1. The summed E-state index contributed by atoms with van der Waals surface area (Å²) in [7, 11) is 1.54. The van der Waals surface area contributed by atoms with E-state index in [1.165, 1.54) is 7.11 Å². The van der Waals surface area contributed by atoms with Gasteiger partial charge in [0.2, 0.25) is 0 Å². The number of halogens is 1. The van der Waals surface area contributed by atoms with E-state index in [4.69, 9.17) is 22.1 Å². The maximum Gasteiger partial charge on any atom is 0.144 e. The van der Waals surface area contributed by atoms with Gasteiger partial charge >= 0.3 is 0 Å². The summed E-state index contributed by atoms with van der Waals surface area (Å²) in [6.07, 6.45) is -0.544. The highest BCUT2D eigenvalue weighted by Gasteiger charge is 2.07. The molecule has 0 saturated carbocycles. The maximum atomic E-state index is 9.43. The minimum atomic E-state index is -0.544. The number of methoxy groups -OCH3 is 1. The van der Waals surface area contributed by atoms with Gasteiger partial charge in [-0.2, -0.15) is 0 Å². The summed E-state index contributed by atoms with van der Waals surface area (Å²) >= 11 is 5.54. The molecule has 0 amide bonds. The van der Waals surface area contributed by atoms with Crippen LogP contribution in [0.2, 0.25) is 0 Å². The number of hydrogen-bond acceptors (Lipinski definition) is 3. The maximum absolute atomic E-state index is 9.43. The van der Waals surface area contributed by atoms with Crippen molar-refractivity contribution in [2.24, 2.45) is 10.7 Å². The van der Waals surface area contributed by atoms with E-state index in [0.29, 0.717) is 17.3 Å². The molecule has 0 aromatic heterocycles. The van der Waals surface area contributed by atoms with Crippen molar-refractivity contribution >= 4 is 23.1 Å². The van der Waals surface area contributed by atoms with Crippen LogP contribution >= 0.6 is 11.6 Å². The average Bonchev–Trinajstić information content (AvgIpc) is 2.29. The van der Waals surface area contributed by atoms with E-state index in [0.717, 1.165) is 5.56 Å². The summed E-state index contributed by atoms with van der Waals surface area (Å²) in [5.74, 6) is 1.05. The standard InChI is InChI=1S/C11H15ClN2O2/c1-7(15)8-3-4-9(10(5-8)16-2)14-11(13)6-12/h3-5,7,15H,6H2,1-2H3,(H2,13,14). The quantitative estimate of drug-likeness (QED) is 0.482. The number of alkyl halides is 1. The second kappa shape index (κ2) is 5.72. The van der Waals surface area contributed by atoms with Gasteiger partial charge in [-0.25, -0.2) is 4.99 Å². The van der Waals surface area contributed by atoms with E-state index in [2.05, 4.69) is 4.99 Å². The molecule has 1 rings (SSSR count). The average molecular weight is 243 g/mol. The Balaban J connectivity index is 3.12. The summed E-state index contributed by atoms with van der Waals surface area (Å²) in [6.45, 7) is 1.69. The van der Waals surface area contributed by atoms with Gasteiger partial charge in [-0.1, -0.05) is 6.07 Å². The van der Waals surface area contributed by atoms with E-state index in [1.54, 1.807) is 25.1 Å². The zero-order valence-corrected chi connectivity index (χ0v) is 10.0. The third kappa shape index (κ3) is 3.12. The normalized spacial score (nSPS) is 13.6. The molecule has 1 unspecified atom stereocenters. The summed E-state index contributed by atoms with van der Waals surface area (Å²) in [5.41, 5.74) is 6.91. The fourth-order valence-corrected chi connectivity index (χ4v) is 1.29. The zero-order chi connectivity index (χ0) is 12.1. The second-order valence-corrected chi connectivity index (χ2v) is 3.61. The predicted molar refractivity (Wildman–Crippen MR) is 65.6 cm³/mol. The molecule has 0 aliphatic carbocycles. The molecule has 1 aromatic rings. The molecule has 4 nitrogen and oxygen atoms in total. The molecular formula is C11H15ClN2O2. The van der Waals surface area contributed by atoms with Crippen molar-refractivity contribution in [3.05, 3.63) is 23.8 Å². The van der Waals surface area contributed by atoms with Crippen molar-refractivity contribution in [1.29, 1.82) is 0 Å². The van der Waals surface area contributed by atoms with Gasteiger partial charge in [-0.05, 0) is 24.6 Å². The predicted octanol–water partition coefficient (Wildman–Crippen LogP) is 1.98. The smallest absolute Gasteiger partial charge is 0.144 e. The molecular weight excluding hydrogens is 228 g/mol. The van der Waals surface area contributed by atoms with Crippen LogP contribution in [0.4, 0.5) is 5.69 Å². The number of rotatable bonds is 4. The number of aliphatic hydroxyl groups excluding tert-OH is 1. The van der Waals surface area contributed by atoms with Crippen LogP contribution in [0, 0.1) is 0 Å². The number of amidine groups is 1. The lowest BCUT2D eigenvalue weighted by molar-refractivity contribution is 0.199. The van der Waals surface area contributed by atoms with Crippen molar-refractivity contribution in [3.63, 3.8) is 0 Å². The molecule has 0 radical (unpaired) electrons. The van der Waals surface area contributed by atoms with E-state index in [-0.39, 0.29) is 5.88 Å². The topological polar surface area (TPSA) is 67.8 Å². The molecule has 1 aromatic carbocycles. The Hall–Kier alpha value is -1.26. The molecule has 1 atom stereocenters. The zero-order valence-electron chi connectivity index (χ0n) is 9.27. The first-order chi connectivity index (χ1) is 7.58. The van der Waals surface area contributed by atoms with Crippen molar-refractivity contribution in [1.82, 2.24) is 0 Å². The van der Waals surface area contributed by atoms with Crippen molar-refractivity contribution in [3.8, 4) is 5.75 Å². The van der Waals surface area contributed by atoms with Crippen LogP contribution in [0.5, 0.6) is 5.75 Å². The molecule has 5 heteroatoms. The van der Waals surface area contributed by atoms with Crippen LogP contribution in [-0.4, -0.2) is 23.9 Å². The van der Waals surface area contributed by atoms with Crippen LogP contribution in [0.3, 0.4) is 0 Å². The minimum absolute atomic E-state index is 0.168. The molecule has 0 aliphatic heterocycles. The number of benzene rings is 1. The van der Waals surface area contributed by atoms with Gasteiger partial charge in [0.25, 0.3) is 0 Å². The van der Waals surface area contributed by atoms with Crippen LogP contribution in [0.15, 0.2) is 23.2 Å². The lowest BCUT2D eigenvalue weighted by Gasteiger charge is -2.09. The molecule has 0 heterocycles. The molecule has 0 saturated heterocycles. The van der Waals surface area contributed by atoms with E-state index < -0.39 is 6.10 Å². The monoisotopic (exact) mass is 242 g/mol. The first-order valence-corrected chi connectivity index (χ1v) is 5.37. The van der Waals surface area contributed by atoms with Gasteiger partial charge < -0.3 is 15.6 Å². The van der Waals surface area contributed by atoms with E-state index >= 15 is 0 Å². The highest BCUT2D eigenvalue weighted by Crippen LogP contribution is 2.30. The van der Waals surface area contributed by atoms with Crippen LogP contribution in [-0.2, 0) is 0 Å². The summed E-state index contributed by atoms with van der Waals surface area (Å²) in [6, 6.07) is 5.23. The highest BCUT2D eigenvalue weighted by atomic mass is 35.5. The molecule has 0 aliphatic rings. The first-order valence-electron chi connectivity index (χ1n) is 4.83. The Morgan fingerprint density at radius 1 is 1.62 bits per heavy atom. The molecule has 0 bridgehead atoms. The lowest BCUT2D eigenvalue weighted by atomic mass is 10.1. The van der Waals surface area contributed by atoms with Crippen LogP contribution < -0.4 is 10.5 Å². The molecule has 88 valence electrons. The number of nitrogens with two attached hydrogens (primary N) is 1. The Morgan fingerprint density at radius 3 is 2.81 bits per heavy atom.